The molecule has 1 fully saturated rings. The van der Waals surface area contributed by atoms with Gasteiger partial charge in [0.25, 0.3) is 5.89 Å². The Balaban J connectivity index is 1.27. The van der Waals surface area contributed by atoms with Crippen LogP contribution in [0.1, 0.15) is 35.7 Å². The summed E-state index contributed by atoms with van der Waals surface area (Å²) in [6, 6.07) is 15.2. The molecule has 1 aliphatic heterocycles. The standard InChI is InChI=1S/C23H25N3O3/c27-20-8-6-17(14-21(20)28)7-9-23-24-22(25-29-23)15-18-10-12-26(13-11-18)16-19-4-2-1-3-5-19/h1-9,14,18,27-28H,10-13,15-16H2. The van der Waals surface area contributed by atoms with Gasteiger partial charge in [0.05, 0.1) is 0 Å². The summed E-state index contributed by atoms with van der Waals surface area (Å²) < 4.78 is 5.31. The zero-order valence-corrected chi connectivity index (χ0v) is 16.2. The van der Waals surface area contributed by atoms with Crippen LogP contribution in [0.3, 0.4) is 0 Å². The Labute approximate surface area is 170 Å². The van der Waals surface area contributed by atoms with Gasteiger partial charge >= 0.3 is 0 Å². The van der Waals surface area contributed by atoms with E-state index in [1.165, 1.54) is 17.7 Å². The van der Waals surface area contributed by atoms with E-state index in [4.69, 9.17) is 4.52 Å². The molecule has 3 aromatic rings. The van der Waals surface area contributed by atoms with Crippen molar-refractivity contribution < 1.29 is 14.7 Å². The first-order valence-electron chi connectivity index (χ1n) is 9.94. The fraction of sp³-hybridized carbons (Fsp3) is 0.304. The van der Waals surface area contributed by atoms with Gasteiger partial charge in [-0.3, -0.25) is 4.90 Å². The van der Waals surface area contributed by atoms with E-state index < -0.39 is 0 Å². The van der Waals surface area contributed by atoms with Gasteiger partial charge in [0.2, 0.25) is 0 Å². The summed E-state index contributed by atoms with van der Waals surface area (Å²) in [6.07, 6.45) is 6.58. The monoisotopic (exact) mass is 391 g/mol. The first-order valence-corrected chi connectivity index (χ1v) is 9.94. The normalized spacial score (nSPS) is 15.9. The molecule has 1 aromatic heterocycles. The highest BCUT2D eigenvalue weighted by Crippen LogP contribution is 2.26. The summed E-state index contributed by atoms with van der Waals surface area (Å²) in [6.45, 7) is 3.20. The first-order chi connectivity index (χ1) is 14.2. The number of likely N-dealkylation sites (tertiary alicyclic amines) is 1. The van der Waals surface area contributed by atoms with E-state index in [0.29, 0.717) is 11.8 Å². The number of aromatic nitrogens is 2. The van der Waals surface area contributed by atoms with Gasteiger partial charge in [0, 0.05) is 19.0 Å². The van der Waals surface area contributed by atoms with Crippen molar-refractivity contribution in [1.82, 2.24) is 15.0 Å². The van der Waals surface area contributed by atoms with Gasteiger partial charge in [0.1, 0.15) is 0 Å². The van der Waals surface area contributed by atoms with Crippen molar-refractivity contribution in [2.24, 2.45) is 5.92 Å². The maximum absolute atomic E-state index is 9.55. The number of piperidine rings is 1. The number of benzene rings is 2. The van der Waals surface area contributed by atoms with Gasteiger partial charge < -0.3 is 14.7 Å². The molecular weight excluding hydrogens is 366 g/mol. The lowest BCUT2D eigenvalue weighted by atomic mass is 9.93. The molecule has 2 heterocycles. The second-order valence-corrected chi connectivity index (χ2v) is 7.54. The van der Waals surface area contributed by atoms with E-state index in [0.717, 1.165) is 50.3 Å². The zero-order chi connectivity index (χ0) is 20.1. The Morgan fingerprint density at radius 1 is 1.00 bits per heavy atom. The Hall–Kier alpha value is -3.12. The maximum atomic E-state index is 9.55. The molecule has 6 nitrogen and oxygen atoms in total. The minimum Gasteiger partial charge on any atom is -0.504 e. The molecule has 0 saturated carbocycles. The summed E-state index contributed by atoms with van der Waals surface area (Å²) in [5.74, 6) is 1.45. The third kappa shape index (κ3) is 5.23. The van der Waals surface area contributed by atoms with Crippen LogP contribution in [-0.2, 0) is 13.0 Å². The number of aromatic hydroxyl groups is 2. The lowest BCUT2D eigenvalue weighted by Crippen LogP contribution is -2.33. The molecule has 29 heavy (non-hydrogen) atoms. The van der Waals surface area contributed by atoms with Crippen molar-refractivity contribution in [2.75, 3.05) is 13.1 Å². The highest BCUT2D eigenvalue weighted by atomic mass is 16.5. The van der Waals surface area contributed by atoms with E-state index in [9.17, 15) is 10.2 Å². The van der Waals surface area contributed by atoms with Crippen molar-refractivity contribution in [3.05, 3.63) is 71.4 Å². The van der Waals surface area contributed by atoms with Gasteiger partial charge in [-0.05, 0) is 61.2 Å². The first kappa shape index (κ1) is 19.2. The highest BCUT2D eigenvalue weighted by Gasteiger charge is 2.21. The molecule has 6 heteroatoms. The van der Waals surface area contributed by atoms with Crippen LogP contribution in [0.4, 0.5) is 0 Å². The van der Waals surface area contributed by atoms with Crippen LogP contribution in [0, 0.1) is 5.92 Å². The van der Waals surface area contributed by atoms with Crippen molar-refractivity contribution in [3.8, 4) is 11.5 Å². The summed E-state index contributed by atoms with van der Waals surface area (Å²) in [4.78, 5) is 6.96. The van der Waals surface area contributed by atoms with Crippen LogP contribution in [0.25, 0.3) is 12.2 Å². The molecule has 4 rings (SSSR count). The van der Waals surface area contributed by atoms with E-state index in [2.05, 4.69) is 45.4 Å². The number of rotatable bonds is 6. The third-order valence-electron chi connectivity index (χ3n) is 5.33. The molecule has 0 radical (unpaired) electrons. The van der Waals surface area contributed by atoms with Crippen LogP contribution in [-0.4, -0.2) is 38.3 Å². The van der Waals surface area contributed by atoms with Gasteiger partial charge in [-0.25, -0.2) is 0 Å². The van der Waals surface area contributed by atoms with Gasteiger partial charge in [-0.1, -0.05) is 41.6 Å². The predicted molar refractivity (Wildman–Crippen MR) is 111 cm³/mol. The van der Waals surface area contributed by atoms with Gasteiger partial charge in [0.15, 0.2) is 17.3 Å². The molecule has 150 valence electrons. The summed E-state index contributed by atoms with van der Waals surface area (Å²) in [5, 5.41) is 23.0. The fourth-order valence-electron chi connectivity index (χ4n) is 3.68. The average molecular weight is 391 g/mol. The predicted octanol–water partition coefficient (Wildman–Crippen LogP) is 4.11. The van der Waals surface area contributed by atoms with Crippen LogP contribution in [0.15, 0.2) is 53.1 Å². The summed E-state index contributed by atoms with van der Waals surface area (Å²) >= 11 is 0. The summed E-state index contributed by atoms with van der Waals surface area (Å²) in [5.41, 5.74) is 2.10. The molecule has 2 N–H and O–H groups in total. The minimum atomic E-state index is -0.156. The Morgan fingerprint density at radius 2 is 1.79 bits per heavy atom. The fourth-order valence-corrected chi connectivity index (χ4v) is 3.68. The van der Waals surface area contributed by atoms with E-state index in [1.54, 1.807) is 18.2 Å². The molecule has 0 atom stereocenters. The summed E-state index contributed by atoms with van der Waals surface area (Å²) in [7, 11) is 0. The van der Waals surface area contributed by atoms with Crippen LogP contribution in [0.5, 0.6) is 11.5 Å². The number of phenols is 2. The van der Waals surface area contributed by atoms with Crippen LogP contribution in [0.2, 0.25) is 0 Å². The second-order valence-electron chi connectivity index (χ2n) is 7.54. The average Bonchev–Trinajstić information content (AvgIpc) is 3.18. The van der Waals surface area contributed by atoms with Crippen molar-refractivity contribution in [2.45, 2.75) is 25.8 Å². The second kappa shape index (κ2) is 8.92. The lowest BCUT2D eigenvalue weighted by Gasteiger charge is -2.31. The molecule has 0 spiro atoms. The van der Waals surface area contributed by atoms with Crippen molar-refractivity contribution >= 4 is 12.2 Å². The number of nitrogens with zero attached hydrogens (tertiary/aromatic N) is 3. The van der Waals surface area contributed by atoms with E-state index >= 15 is 0 Å². The molecule has 0 amide bonds. The van der Waals surface area contributed by atoms with Crippen molar-refractivity contribution in [1.29, 1.82) is 0 Å². The molecule has 1 aliphatic rings. The Kier molecular flexibility index (Phi) is 5.91. The number of hydrogen-bond donors (Lipinski definition) is 2. The largest absolute Gasteiger partial charge is 0.504 e. The number of phenolic OH excluding ortho intramolecular Hbond substituents is 2. The van der Waals surface area contributed by atoms with E-state index in [-0.39, 0.29) is 11.5 Å². The maximum Gasteiger partial charge on any atom is 0.250 e. The smallest absolute Gasteiger partial charge is 0.250 e. The molecule has 0 aliphatic carbocycles. The van der Waals surface area contributed by atoms with E-state index in [1.807, 2.05) is 0 Å². The molecule has 1 saturated heterocycles. The number of hydrogen-bond acceptors (Lipinski definition) is 6. The SMILES string of the molecule is Oc1ccc(C=Cc2nc(CC3CCN(Cc4ccccc4)CC3)no2)cc1O. The third-order valence-corrected chi connectivity index (χ3v) is 5.33. The zero-order valence-electron chi connectivity index (χ0n) is 16.2. The Bertz CT molecular complexity index is 961. The topological polar surface area (TPSA) is 82.6 Å². The van der Waals surface area contributed by atoms with Crippen molar-refractivity contribution in [3.63, 3.8) is 0 Å². The van der Waals surface area contributed by atoms with Crippen LogP contribution >= 0.6 is 0 Å². The molecular formula is C23H25N3O3. The molecule has 0 unspecified atom stereocenters. The highest BCUT2D eigenvalue weighted by molar-refractivity contribution is 5.67. The van der Waals surface area contributed by atoms with Crippen LogP contribution < -0.4 is 0 Å². The molecule has 0 bridgehead atoms. The Morgan fingerprint density at radius 3 is 2.55 bits per heavy atom. The van der Waals surface area contributed by atoms with Gasteiger partial charge in [-0.15, -0.1) is 0 Å². The lowest BCUT2D eigenvalue weighted by molar-refractivity contribution is 0.175. The van der Waals surface area contributed by atoms with Gasteiger partial charge in [-0.2, -0.15) is 4.98 Å². The molecule has 2 aromatic carbocycles. The minimum absolute atomic E-state index is 0.142. The quantitative estimate of drug-likeness (QED) is 0.616.